The molecule has 0 spiro atoms. The van der Waals surface area contributed by atoms with Gasteiger partial charge in [-0.25, -0.2) is 0 Å². The van der Waals surface area contributed by atoms with Gasteiger partial charge in [-0.05, 0) is 37.2 Å². The molecule has 1 saturated heterocycles. The summed E-state index contributed by atoms with van der Waals surface area (Å²) in [7, 11) is 0. The van der Waals surface area contributed by atoms with Crippen molar-refractivity contribution in [3.05, 3.63) is 41.6 Å². The first kappa shape index (κ1) is 18.0. The van der Waals surface area contributed by atoms with Crippen LogP contribution in [0.15, 0.2) is 34.9 Å². The minimum absolute atomic E-state index is 0.00109. The normalized spacial score (nSPS) is 25.5. The first-order chi connectivity index (χ1) is 12.8. The summed E-state index contributed by atoms with van der Waals surface area (Å²) in [4.78, 5) is 14.4. The van der Waals surface area contributed by atoms with Crippen molar-refractivity contribution in [1.29, 1.82) is 0 Å². The summed E-state index contributed by atoms with van der Waals surface area (Å²) in [5.41, 5.74) is -0.975. The van der Waals surface area contributed by atoms with Crippen LogP contribution in [0.4, 0.5) is 13.2 Å². The standard InChI is InChI=1S/C19H19F3N2O3/c20-19(21,22)15-4-2-1-3-14(15)17-8-16(23-27-17)18(26)24-9-11-5-6-13(25)7-12(11)10-24/h1-4,8,11-13,25H,5-7,9-10H2/t11-,12+,13+/m0/s1. The Morgan fingerprint density at radius 2 is 1.93 bits per heavy atom. The van der Waals surface area contributed by atoms with E-state index in [4.69, 9.17) is 4.52 Å². The largest absolute Gasteiger partial charge is 0.417 e. The molecule has 2 heterocycles. The van der Waals surface area contributed by atoms with E-state index >= 15 is 0 Å². The van der Waals surface area contributed by atoms with Gasteiger partial charge in [0.25, 0.3) is 5.91 Å². The van der Waals surface area contributed by atoms with Crippen LogP contribution >= 0.6 is 0 Å². The maximum atomic E-state index is 13.2. The Morgan fingerprint density at radius 1 is 1.19 bits per heavy atom. The zero-order valence-electron chi connectivity index (χ0n) is 14.4. The van der Waals surface area contributed by atoms with Gasteiger partial charge in [-0.15, -0.1) is 0 Å². The molecule has 0 unspecified atom stereocenters. The Morgan fingerprint density at radius 3 is 2.70 bits per heavy atom. The Balaban J connectivity index is 1.55. The number of hydrogen-bond acceptors (Lipinski definition) is 4. The summed E-state index contributed by atoms with van der Waals surface area (Å²) in [5.74, 6) is 0.182. The van der Waals surface area contributed by atoms with Gasteiger partial charge in [0, 0.05) is 24.7 Å². The van der Waals surface area contributed by atoms with Crippen molar-refractivity contribution < 1.29 is 27.6 Å². The Hall–Kier alpha value is -2.35. The van der Waals surface area contributed by atoms with Crippen LogP contribution in [0.1, 0.15) is 35.3 Å². The van der Waals surface area contributed by atoms with Crippen molar-refractivity contribution in [2.45, 2.75) is 31.5 Å². The number of aromatic nitrogens is 1. The van der Waals surface area contributed by atoms with Crippen LogP contribution in [-0.4, -0.2) is 40.3 Å². The zero-order valence-corrected chi connectivity index (χ0v) is 14.4. The number of likely N-dealkylation sites (tertiary alicyclic amines) is 1. The number of carbonyl (C=O) groups is 1. The SMILES string of the molecule is O=C(c1cc(-c2ccccc2C(F)(F)F)on1)N1C[C@H]2C[C@H](O)CC[C@H]2C1. The van der Waals surface area contributed by atoms with E-state index < -0.39 is 11.7 Å². The number of aliphatic hydroxyl groups excluding tert-OH is 1. The molecule has 5 nitrogen and oxygen atoms in total. The monoisotopic (exact) mass is 380 g/mol. The Labute approximate surface area is 153 Å². The molecule has 1 aromatic heterocycles. The molecule has 27 heavy (non-hydrogen) atoms. The third kappa shape index (κ3) is 3.45. The summed E-state index contributed by atoms with van der Waals surface area (Å²) in [5, 5.41) is 13.5. The lowest BCUT2D eigenvalue weighted by molar-refractivity contribution is -0.137. The second-order valence-electron chi connectivity index (χ2n) is 7.32. The average molecular weight is 380 g/mol. The minimum Gasteiger partial charge on any atom is -0.393 e. The van der Waals surface area contributed by atoms with Gasteiger partial charge in [-0.1, -0.05) is 23.4 Å². The second kappa shape index (κ2) is 6.67. The zero-order chi connectivity index (χ0) is 19.2. The number of nitrogens with zero attached hydrogens (tertiary/aromatic N) is 2. The van der Waals surface area contributed by atoms with Gasteiger partial charge in [0.05, 0.1) is 11.7 Å². The van der Waals surface area contributed by atoms with E-state index in [1.807, 2.05) is 0 Å². The third-order valence-corrected chi connectivity index (χ3v) is 5.54. The predicted molar refractivity (Wildman–Crippen MR) is 89.7 cm³/mol. The van der Waals surface area contributed by atoms with E-state index in [1.165, 1.54) is 24.3 Å². The number of benzene rings is 1. The molecule has 1 amide bonds. The van der Waals surface area contributed by atoms with Gasteiger partial charge in [-0.2, -0.15) is 13.2 Å². The molecule has 1 aliphatic heterocycles. The molecule has 2 aromatic rings. The lowest BCUT2D eigenvalue weighted by Crippen LogP contribution is -2.29. The third-order valence-electron chi connectivity index (χ3n) is 5.54. The van der Waals surface area contributed by atoms with E-state index in [0.29, 0.717) is 25.4 Å². The van der Waals surface area contributed by atoms with Crippen LogP contribution in [0.2, 0.25) is 0 Å². The van der Waals surface area contributed by atoms with Crippen LogP contribution in [0.3, 0.4) is 0 Å². The lowest BCUT2D eigenvalue weighted by Gasteiger charge is -2.27. The van der Waals surface area contributed by atoms with E-state index in [2.05, 4.69) is 5.16 Å². The molecule has 2 fully saturated rings. The second-order valence-corrected chi connectivity index (χ2v) is 7.32. The van der Waals surface area contributed by atoms with Gasteiger partial charge in [-0.3, -0.25) is 4.79 Å². The number of halogens is 3. The molecule has 0 radical (unpaired) electrons. The molecule has 4 rings (SSSR count). The molecule has 1 N–H and O–H groups in total. The first-order valence-electron chi connectivity index (χ1n) is 8.93. The highest BCUT2D eigenvalue weighted by atomic mass is 19.4. The summed E-state index contributed by atoms with van der Waals surface area (Å²) in [6.45, 7) is 1.11. The van der Waals surface area contributed by atoms with Gasteiger partial charge >= 0.3 is 6.18 Å². The number of carbonyl (C=O) groups excluding carboxylic acids is 1. The number of amides is 1. The van der Waals surface area contributed by atoms with Crippen LogP contribution in [0.25, 0.3) is 11.3 Å². The first-order valence-corrected chi connectivity index (χ1v) is 8.93. The molecule has 1 aliphatic carbocycles. The molecule has 1 aromatic carbocycles. The molecular formula is C19H19F3N2O3. The summed E-state index contributed by atoms with van der Waals surface area (Å²) < 4.78 is 44.6. The average Bonchev–Trinajstić information content (AvgIpc) is 3.27. The molecule has 1 saturated carbocycles. The van der Waals surface area contributed by atoms with Crippen LogP contribution < -0.4 is 0 Å². The fraction of sp³-hybridized carbons (Fsp3) is 0.474. The van der Waals surface area contributed by atoms with Gasteiger partial charge in [0.1, 0.15) is 0 Å². The highest BCUT2D eigenvalue weighted by Crippen LogP contribution is 2.38. The van der Waals surface area contributed by atoms with Crippen molar-refractivity contribution in [1.82, 2.24) is 10.1 Å². The van der Waals surface area contributed by atoms with Crippen molar-refractivity contribution in [3.63, 3.8) is 0 Å². The quantitative estimate of drug-likeness (QED) is 0.865. The molecule has 8 heteroatoms. The molecule has 144 valence electrons. The van der Waals surface area contributed by atoms with Crippen molar-refractivity contribution in [2.75, 3.05) is 13.1 Å². The van der Waals surface area contributed by atoms with Crippen molar-refractivity contribution >= 4 is 5.91 Å². The van der Waals surface area contributed by atoms with Crippen molar-refractivity contribution in [3.8, 4) is 11.3 Å². The number of fused-ring (bicyclic) bond motifs is 1. The highest BCUT2D eigenvalue weighted by Gasteiger charge is 2.40. The summed E-state index contributed by atoms with van der Waals surface area (Å²) >= 11 is 0. The topological polar surface area (TPSA) is 66.6 Å². The Bertz CT molecular complexity index is 849. The number of aliphatic hydroxyl groups is 1. The van der Waals surface area contributed by atoms with Gasteiger partial charge in [0.2, 0.25) is 0 Å². The maximum Gasteiger partial charge on any atom is 0.417 e. The highest BCUT2D eigenvalue weighted by molar-refractivity contribution is 5.93. The van der Waals surface area contributed by atoms with Crippen LogP contribution in [-0.2, 0) is 6.18 Å². The van der Waals surface area contributed by atoms with Gasteiger partial charge in [0.15, 0.2) is 11.5 Å². The van der Waals surface area contributed by atoms with Crippen LogP contribution in [0.5, 0.6) is 0 Å². The predicted octanol–water partition coefficient (Wildman–Crippen LogP) is 3.59. The minimum atomic E-state index is -4.53. The fourth-order valence-electron chi connectivity index (χ4n) is 4.18. The number of rotatable bonds is 2. The van der Waals surface area contributed by atoms with Crippen LogP contribution in [0, 0.1) is 11.8 Å². The molecule has 0 bridgehead atoms. The van der Waals surface area contributed by atoms with Gasteiger partial charge < -0.3 is 14.5 Å². The van der Waals surface area contributed by atoms with E-state index in [1.54, 1.807) is 4.90 Å². The van der Waals surface area contributed by atoms with Crippen molar-refractivity contribution in [2.24, 2.45) is 11.8 Å². The lowest BCUT2D eigenvalue weighted by atomic mass is 9.80. The molecule has 2 aliphatic rings. The van der Waals surface area contributed by atoms with E-state index in [-0.39, 0.29) is 34.9 Å². The number of hydrogen-bond donors (Lipinski definition) is 1. The fourth-order valence-corrected chi connectivity index (χ4v) is 4.18. The molecule has 3 atom stereocenters. The number of alkyl halides is 3. The Kier molecular flexibility index (Phi) is 4.46. The van der Waals surface area contributed by atoms with E-state index in [0.717, 1.165) is 18.9 Å². The smallest absolute Gasteiger partial charge is 0.393 e. The summed E-state index contributed by atoms with van der Waals surface area (Å²) in [6, 6.07) is 6.31. The molecular weight excluding hydrogens is 361 g/mol. The maximum absolute atomic E-state index is 13.2. The van der Waals surface area contributed by atoms with E-state index in [9.17, 15) is 23.1 Å². The summed E-state index contributed by atoms with van der Waals surface area (Å²) in [6.07, 6.45) is -2.56.